The van der Waals surface area contributed by atoms with Gasteiger partial charge in [0.15, 0.2) is 0 Å². The van der Waals surface area contributed by atoms with Crippen LogP contribution >= 0.6 is 11.3 Å². The average molecular weight is 190 g/mol. The molecule has 0 radical (unpaired) electrons. The summed E-state index contributed by atoms with van der Waals surface area (Å²) >= 11 is 1.73. The summed E-state index contributed by atoms with van der Waals surface area (Å²) in [6, 6.07) is 8.23. The predicted molar refractivity (Wildman–Crippen MR) is 57.5 cm³/mol. The van der Waals surface area contributed by atoms with Crippen molar-refractivity contribution in [3.8, 4) is 5.75 Å². The van der Waals surface area contributed by atoms with Crippen molar-refractivity contribution in [1.29, 1.82) is 0 Å². The van der Waals surface area contributed by atoms with E-state index in [9.17, 15) is 0 Å². The molecule has 1 nitrogen and oxygen atoms in total. The Morgan fingerprint density at radius 1 is 1.38 bits per heavy atom. The molecule has 0 N–H and O–H groups in total. The molecule has 0 fully saturated rings. The van der Waals surface area contributed by atoms with Crippen molar-refractivity contribution in [3.05, 3.63) is 42.3 Å². The third kappa shape index (κ3) is 1.73. The fraction of sp³-hybridized carbons (Fsp3) is 0.0909. The zero-order valence-corrected chi connectivity index (χ0v) is 8.01. The van der Waals surface area contributed by atoms with Gasteiger partial charge in [-0.15, -0.1) is 11.3 Å². The van der Waals surface area contributed by atoms with Gasteiger partial charge in [-0.2, -0.15) is 0 Å². The van der Waals surface area contributed by atoms with Crippen LogP contribution in [-0.2, 0) is 0 Å². The molecule has 1 aromatic carbocycles. The largest absolute Gasteiger partial charge is 0.490 e. The molecule has 2 rings (SSSR count). The Bertz CT molecular complexity index is 417. The van der Waals surface area contributed by atoms with E-state index >= 15 is 0 Å². The van der Waals surface area contributed by atoms with Crippen LogP contribution in [0.5, 0.6) is 5.75 Å². The Morgan fingerprint density at radius 2 is 2.31 bits per heavy atom. The Hall–Kier alpha value is -1.28. The van der Waals surface area contributed by atoms with Gasteiger partial charge >= 0.3 is 0 Å². The predicted octanol–water partition coefficient (Wildman–Crippen LogP) is 3.47. The minimum absolute atomic E-state index is 0.566. The molecular formula is C11H10OS. The van der Waals surface area contributed by atoms with Gasteiger partial charge in [0.25, 0.3) is 0 Å². The van der Waals surface area contributed by atoms with E-state index in [0.29, 0.717) is 6.61 Å². The number of rotatable bonds is 3. The molecule has 13 heavy (non-hydrogen) atoms. The van der Waals surface area contributed by atoms with Gasteiger partial charge in [0.2, 0.25) is 0 Å². The summed E-state index contributed by atoms with van der Waals surface area (Å²) in [5.74, 6) is 0.912. The molecule has 0 saturated heterocycles. The van der Waals surface area contributed by atoms with Crippen molar-refractivity contribution in [3.63, 3.8) is 0 Å². The van der Waals surface area contributed by atoms with Crippen LogP contribution in [0.15, 0.2) is 42.3 Å². The number of ether oxygens (including phenoxy) is 1. The maximum absolute atomic E-state index is 5.42. The van der Waals surface area contributed by atoms with Crippen LogP contribution in [0.2, 0.25) is 0 Å². The molecule has 0 unspecified atom stereocenters. The van der Waals surface area contributed by atoms with Crippen molar-refractivity contribution in [1.82, 2.24) is 0 Å². The summed E-state index contributed by atoms with van der Waals surface area (Å²) in [4.78, 5) is 0. The summed E-state index contributed by atoms with van der Waals surface area (Å²) in [6.07, 6.45) is 1.75. The first-order chi connectivity index (χ1) is 6.40. The second-order valence-electron chi connectivity index (χ2n) is 2.72. The molecule has 1 aromatic heterocycles. The SMILES string of the molecule is C=CCOc1ccc2ccsc2c1. The first kappa shape index (κ1) is 8.32. The highest BCUT2D eigenvalue weighted by atomic mass is 32.1. The fourth-order valence-electron chi connectivity index (χ4n) is 1.18. The maximum atomic E-state index is 5.42. The number of thiophene rings is 1. The van der Waals surface area contributed by atoms with Crippen LogP contribution in [0.1, 0.15) is 0 Å². The molecule has 0 amide bonds. The zero-order valence-electron chi connectivity index (χ0n) is 7.19. The van der Waals surface area contributed by atoms with Crippen LogP contribution < -0.4 is 4.74 Å². The molecular weight excluding hydrogens is 180 g/mol. The molecule has 0 atom stereocenters. The van der Waals surface area contributed by atoms with Gasteiger partial charge in [-0.3, -0.25) is 0 Å². The van der Waals surface area contributed by atoms with Gasteiger partial charge in [0.1, 0.15) is 12.4 Å². The lowest BCUT2D eigenvalue weighted by Gasteiger charge is -2.01. The van der Waals surface area contributed by atoms with Crippen LogP contribution in [-0.4, -0.2) is 6.61 Å². The van der Waals surface area contributed by atoms with Crippen LogP contribution in [0.3, 0.4) is 0 Å². The molecule has 0 spiro atoms. The fourth-order valence-corrected chi connectivity index (χ4v) is 2.00. The zero-order chi connectivity index (χ0) is 9.10. The van der Waals surface area contributed by atoms with Gasteiger partial charge in [-0.25, -0.2) is 0 Å². The highest BCUT2D eigenvalue weighted by Crippen LogP contribution is 2.25. The van der Waals surface area contributed by atoms with E-state index in [4.69, 9.17) is 4.74 Å². The van der Waals surface area contributed by atoms with Gasteiger partial charge in [-0.1, -0.05) is 12.7 Å². The number of benzene rings is 1. The second kappa shape index (κ2) is 3.62. The van der Waals surface area contributed by atoms with Crippen LogP contribution in [0.4, 0.5) is 0 Å². The van der Waals surface area contributed by atoms with Gasteiger partial charge in [0.05, 0.1) is 0 Å². The van der Waals surface area contributed by atoms with Crippen LogP contribution in [0.25, 0.3) is 10.1 Å². The molecule has 1 heterocycles. The minimum Gasteiger partial charge on any atom is -0.490 e. The quantitative estimate of drug-likeness (QED) is 0.673. The normalized spacial score (nSPS) is 10.2. The van der Waals surface area contributed by atoms with E-state index < -0.39 is 0 Å². The van der Waals surface area contributed by atoms with Crippen molar-refractivity contribution in [2.75, 3.05) is 6.61 Å². The van der Waals surface area contributed by atoms with Gasteiger partial charge in [0, 0.05) is 4.70 Å². The highest BCUT2D eigenvalue weighted by molar-refractivity contribution is 7.17. The average Bonchev–Trinajstić information content (AvgIpc) is 2.61. The lowest BCUT2D eigenvalue weighted by Crippen LogP contribution is -1.91. The van der Waals surface area contributed by atoms with Crippen molar-refractivity contribution >= 4 is 21.4 Å². The number of fused-ring (bicyclic) bond motifs is 1. The molecule has 0 aliphatic carbocycles. The number of hydrogen-bond donors (Lipinski definition) is 0. The topological polar surface area (TPSA) is 9.23 Å². The standard InChI is InChI=1S/C11H10OS/c1-2-6-12-10-4-3-9-5-7-13-11(9)8-10/h2-5,7-8H,1,6H2. The minimum atomic E-state index is 0.566. The van der Waals surface area contributed by atoms with E-state index in [1.54, 1.807) is 17.4 Å². The summed E-state index contributed by atoms with van der Waals surface area (Å²) < 4.78 is 6.69. The van der Waals surface area contributed by atoms with Gasteiger partial charge in [-0.05, 0) is 35.0 Å². The van der Waals surface area contributed by atoms with Crippen molar-refractivity contribution in [2.45, 2.75) is 0 Å². The Balaban J connectivity index is 2.31. The third-order valence-electron chi connectivity index (χ3n) is 1.80. The van der Waals surface area contributed by atoms with Gasteiger partial charge < -0.3 is 4.74 Å². The summed E-state index contributed by atoms with van der Waals surface area (Å²) in [6.45, 7) is 4.17. The molecule has 0 aliphatic rings. The Kier molecular flexibility index (Phi) is 2.32. The van der Waals surface area contributed by atoms with E-state index in [0.717, 1.165) is 5.75 Å². The molecule has 0 bridgehead atoms. The monoisotopic (exact) mass is 190 g/mol. The molecule has 0 aliphatic heterocycles. The molecule has 2 aromatic rings. The highest BCUT2D eigenvalue weighted by Gasteiger charge is 1.96. The van der Waals surface area contributed by atoms with Crippen molar-refractivity contribution in [2.24, 2.45) is 0 Å². The first-order valence-electron chi connectivity index (χ1n) is 4.11. The lowest BCUT2D eigenvalue weighted by atomic mass is 10.2. The summed E-state index contributed by atoms with van der Waals surface area (Å²) in [5, 5.41) is 3.36. The molecule has 66 valence electrons. The molecule has 0 saturated carbocycles. The van der Waals surface area contributed by atoms with E-state index in [1.165, 1.54) is 10.1 Å². The van der Waals surface area contributed by atoms with Crippen LogP contribution in [0, 0.1) is 0 Å². The van der Waals surface area contributed by atoms with E-state index in [-0.39, 0.29) is 0 Å². The Labute approximate surface area is 81.3 Å². The summed E-state index contributed by atoms with van der Waals surface area (Å²) in [7, 11) is 0. The Morgan fingerprint density at radius 3 is 3.15 bits per heavy atom. The maximum Gasteiger partial charge on any atom is 0.121 e. The smallest absolute Gasteiger partial charge is 0.121 e. The van der Waals surface area contributed by atoms with E-state index in [2.05, 4.69) is 30.2 Å². The van der Waals surface area contributed by atoms with Crippen molar-refractivity contribution < 1.29 is 4.74 Å². The molecule has 2 heteroatoms. The third-order valence-corrected chi connectivity index (χ3v) is 2.68. The van der Waals surface area contributed by atoms with E-state index in [1.807, 2.05) is 6.07 Å². The first-order valence-corrected chi connectivity index (χ1v) is 4.99. The number of hydrogen-bond acceptors (Lipinski definition) is 2. The lowest BCUT2D eigenvalue weighted by molar-refractivity contribution is 0.364. The second-order valence-corrected chi connectivity index (χ2v) is 3.67. The summed E-state index contributed by atoms with van der Waals surface area (Å²) in [5.41, 5.74) is 0.